The molecule has 0 aliphatic rings. The van der Waals surface area contributed by atoms with Crippen molar-refractivity contribution < 1.29 is 29.1 Å². The average molecular weight is 639 g/mol. The van der Waals surface area contributed by atoms with Crippen LogP contribution in [-0.2, 0) is 27.3 Å². The molecule has 0 aliphatic heterocycles. The fourth-order valence-corrected chi connectivity index (χ4v) is 5.02. The Kier molecular flexibility index (Phi) is 11.5. The maximum absolute atomic E-state index is 14.1. The molecule has 3 amide bonds. The van der Waals surface area contributed by atoms with Gasteiger partial charge in [-0.3, -0.25) is 14.4 Å². The van der Waals surface area contributed by atoms with E-state index in [1.54, 1.807) is 111 Å². The Morgan fingerprint density at radius 1 is 0.766 bits per heavy atom. The van der Waals surface area contributed by atoms with Crippen molar-refractivity contribution in [2.45, 2.75) is 31.0 Å². The number of hydrogen-bond donors (Lipinski definition) is 6. The van der Waals surface area contributed by atoms with Crippen LogP contribution < -0.4 is 37.3 Å². The van der Waals surface area contributed by atoms with Gasteiger partial charge in [-0.25, -0.2) is 0 Å². The Hall–Kier alpha value is -5.88. The maximum Gasteiger partial charge on any atom is 0.243 e. The normalized spacial score (nSPS) is 12.6. The molecule has 9 N–H and O–H groups in total. The lowest BCUT2D eigenvalue weighted by atomic mass is 9.89. The zero-order chi connectivity index (χ0) is 33.9. The predicted octanol–water partition coefficient (Wildman–Crippen LogP) is 2.46. The lowest BCUT2D eigenvalue weighted by Gasteiger charge is -2.24. The third-order valence-corrected chi connectivity index (χ3v) is 7.68. The smallest absolute Gasteiger partial charge is 0.243 e. The minimum absolute atomic E-state index is 0.0875. The van der Waals surface area contributed by atoms with E-state index in [1.807, 2.05) is 0 Å². The molecule has 2 atom stereocenters. The van der Waals surface area contributed by atoms with Crippen molar-refractivity contribution in [1.82, 2.24) is 10.6 Å². The van der Waals surface area contributed by atoms with Crippen LogP contribution in [0.3, 0.4) is 0 Å². The number of rotatable bonds is 14. The summed E-state index contributed by atoms with van der Waals surface area (Å²) in [6, 6.07) is 26.0. The second kappa shape index (κ2) is 15.9. The number of methoxy groups -OCH3 is 2. The zero-order valence-electron chi connectivity index (χ0n) is 26.1. The van der Waals surface area contributed by atoms with Crippen LogP contribution in [0.2, 0.25) is 0 Å². The third kappa shape index (κ3) is 8.86. The van der Waals surface area contributed by atoms with Crippen molar-refractivity contribution in [2.24, 2.45) is 22.4 Å². The van der Waals surface area contributed by atoms with Crippen LogP contribution in [-0.4, -0.2) is 49.0 Å². The fourth-order valence-electron chi connectivity index (χ4n) is 5.02. The predicted molar refractivity (Wildman–Crippen MR) is 177 cm³/mol. The summed E-state index contributed by atoms with van der Waals surface area (Å²) in [5, 5.41) is 18.1. The van der Waals surface area contributed by atoms with Gasteiger partial charge in [0.2, 0.25) is 17.7 Å². The first-order valence-corrected chi connectivity index (χ1v) is 14.7. The van der Waals surface area contributed by atoms with Gasteiger partial charge < -0.3 is 42.5 Å². The number of primary amides is 1. The largest absolute Gasteiger partial charge is 0.497 e. The topological polar surface area (TPSA) is 204 Å². The molecular formula is C35H38N6O6. The standard InChI is InChI=1S/C35H38N6O6/c1-46-27-14-10-23(11-15-27)30(24-12-16-28(47-2)17-13-24)35(44)40-29(19-22-4-3-5-26(18-22)32(37)41-45)34(43)39-20-21-6-8-25(9-7-21)31(36)33(38)42/h3-18,29-31,45H,19-20,36H2,1-2H3,(H2,37,41)(H2,38,42)(H,39,43)(H,40,44). The zero-order valence-corrected chi connectivity index (χ0v) is 26.1. The molecule has 12 nitrogen and oxygen atoms in total. The molecule has 12 heteroatoms. The van der Waals surface area contributed by atoms with Crippen LogP contribution in [0.5, 0.6) is 11.5 Å². The molecule has 0 saturated carbocycles. The van der Waals surface area contributed by atoms with Crippen LogP contribution in [0.15, 0.2) is 102 Å². The van der Waals surface area contributed by atoms with Crippen LogP contribution in [0.25, 0.3) is 0 Å². The molecule has 0 radical (unpaired) electrons. The molecule has 0 heterocycles. The molecule has 47 heavy (non-hydrogen) atoms. The third-order valence-electron chi connectivity index (χ3n) is 7.68. The molecule has 0 saturated heterocycles. The summed E-state index contributed by atoms with van der Waals surface area (Å²) in [5.74, 6) is -1.08. The quantitative estimate of drug-likeness (QED) is 0.0523. The van der Waals surface area contributed by atoms with Gasteiger partial charge in [0.05, 0.1) is 20.1 Å². The average Bonchev–Trinajstić information content (AvgIpc) is 3.10. The van der Waals surface area contributed by atoms with E-state index >= 15 is 0 Å². The summed E-state index contributed by atoms with van der Waals surface area (Å²) in [4.78, 5) is 39.3. The number of carbonyl (C=O) groups is 3. The summed E-state index contributed by atoms with van der Waals surface area (Å²) in [5.41, 5.74) is 20.7. The summed E-state index contributed by atoms with van der Waals surface area (Å²) in [6.07, 6.45) is 0.106. The van der Waals surface area contributed by atoms with E-state index < -0.39 is 35.7 Å². The van der Waals surface area contributed by atoms with Gasteiger partial charge in [-0.05, 0) is 58.1 Å². The lowest BCUT2D eigenvalue weighted by Crippen LogP contribution is -2.49. The van der Waals surface area contributed by atoms with E-state index in [-0.39, 0.29) is 18.8 Å². The van der Waals surface area contributed by atoms with Crippen molar-refractivity contribution in [3.8, 4) is 11.5 Å². The van der Waals surface area contributed by atoms with Gasteiger partial charge in [-0.2, -0.15) is 0 Å². The highest BCUT2D eigenvalue weighted by Crippen LogP contribution is 2.28. The van der Waals surface area contributed by atoms with Gasteiger partial charge in [-0.15, -0.1) is 0 Å². The summed E-state index contributed by atoms with van der Waals surface area (Å²) in [6.45, 7) is 0.141. The number of hydrogen-bond acceptors (Lipinski definition) is 8. The molecule has 0 aromatic heterocycles. The van der Waals surface area contributed by atoms with Crippen molar-refractivity contribution in [3.05, 3.63) is 130 Å². The van der Waals surface area contributed by atoms with Gasteiger partial charge in [0.25, 0.3) is 0 Å². The molecule has 0 fully saturated rings. The number of carbonyl (C=O) groups excluding carboxylic acids is 3. The van der Waals surface area contributed by atoms with Gasteiger partial charge >= 0.3 is 0 Å². The highest BCUT2D eigenvalue weighted by atomic mass is 16.5. The molecule has 4 aromatic rings. The Labute approximate surface area is 272 Å². The Morgan fingerprint density at radius 2 is 1.32 bits per heavy atom. The van der Waals surface area contributed by atoms with E-state index in [2.05, 4.69) is 15.8 Å². The first-order chi connectivity index (χ1) is 22.6. The highest BCUT2D eigenvalue weighted by Gasteiger charge is 2.29. The lowest BCUT2D eigenvalue weighted by molar-refractivity contribution is -0.129. The van der Waals surface area contributed by atoms with Crippen molar-refractivity contribution >= 4 is 23.6 Å². The highest BCUT2D eigenvalue weighted by molar-refractivity contribution is 5.97. The first kappa shape index (κ1) is 34.0. The van der Waals surface area contributed by atoms with Crippen LogP contribution in [0, 0.1) is 0 Å². The maximum atomic E-state index is 14.1. The number of benzene rings is 4. The molecule has 4 aromatic carbocycles. The minimum atomic E-state index is -1.01. The number of ether oxygens (including phenoxy) is 2. The Balaban J connectivity index is 1.63. The molecule has 0 spiro atoms. The minimum Gasteiger partial charge on any atom is -0.497 e. The van der Waals surface area contributed by atoms with Crippen LogP contribution in [0.4, 0.5) is 0 Å². The molecular weight excluding hydrogens is 600 g/mol. The van der Waals surface area contributed by atoms with Crippen molar-refractivity contribution in [2.75, 3.05) is 14.2 Å². The SMILES string of the molecule is COc1ccc(C(C(=O)NC(Cc2cccc(/C(N)=N\O)c2)C(=O)NCc2ccc(C(N)C(N)=O)cc2)c2ccc(OC)cc2)cc1. The van der Waals surface area contributed by atoms with E-state index in [1.165, 1.54) is 0 Å². The Morgan fingerprint density at radius 3 is 1.83 bits per heavy atom. The molecule has 244 valence electrons. The first-order valence-electron chi connectivity index (χ1n) is 14.7. The summed E-state index contributed by atoms with van der Waals surface area (Å²) in [7, 11) is 3.12. The van der Waals surface area contributed by atoms with Crippen LogP contribution >= 0.6 is 0 Å². The number of nitrogens with zero attached hydrogens (tertiary/aromatic N) is 1. The summed E-state index contributed by atoms with van der Waals surface area (Å²) < 4.78 is 10.6. The summed E-state index contributed by atoms with van der Waals surface area (Å²) >= 11 is 0. The van der Waals surface area contributed by atoms with Gasteiger partial charge in [-0.1, -0.05) is 71.9 Å². The van der Waals surface area contributed by atoms with E-state index in [4.69, 9.17) is 31.9 Å². The number of nitrogens with one attached hydrogen (secondary N) is 2. The van der Waals surface area contributed by atoms with E-state index in [0.717, 1.165) is 5.56 Å². The Bertz CT molecular complexity index is 1660. The van der Waals surface area contributed by atoms with E-state index in [9.17, 15) is 14.4 Å². The number of oxime groups is 1. The van der Waals surface area contributed by atoms with Gasteiger partial charge in [0.1, 0.15) is 23.6 Å². The fraction of sp³-hybridized carbons (Fsp3) is 0.200. The molecule has 4 rings (SSSR count). The van der Waals surface area contributed by atoms with Gasteiger partial charge in [0.15, 0.2) is 5.84 Å². The number of nitrogens with two attached hydrogens (primary N) is 3. The molecule has 2 unspecified atom stereocenters. The monoisotopic (exact) mass is 638 g/mol. The second-order valence-electron chi connectivity index (χ2n) is 10.8. The number of amides is 3. The number of amidine groups is 1. The van der Waals surface area contributed by atoms with Crippen molar-refractivity contribution in [3.63, 3.8) is 0 Å². The molecule has 0 aliphatic carbocycles. The van der Waals surface area contributed by atoms with E-state index in [0.29, 0.717) is 39.3 Å². The van der Waals surface area contributed by atoms with Gasteiger partial charge in [0, 0.05) is 18.5 Å². The van der Waals surface area contributed by atoms with Crippen LogP contribution in [0.1, 0.15) is 45.3 Å². The van der Waals surface area contributed by atoms with Crippen molar-refractivity contribution in [1.29, 1.82) is 0 Å². The molecule has 0 bridgehead atoms. The second-order valence-corrected chi connectivity index (χ2v) is 10.8.